The van der Waals surface area contributed by atoms with E-state index in [2.05, 4.69) is 78.9 Å². The maximum absolute atomic E-state index is 5.92. The van der Waals surface area contributed by atoms with Crippen molar-refractivity contribution < 1.29 is 0 Å². The molecule has 32 heavy (non-hydrogen) atoms. The second-order valence-electron chi connectivity index (χ2n) is 9.48. The summed E-state index contributed by atoms with van der Waals surface area (Å²) in [5.74, 6) is 0. The quantitative estimate of drug-likeness (QED) is 0.499. The topological polar surface area (TPSA) is 33.1 Å². The van der Waals surface area contributed by atoms with Crippen LogP contribution in [0.15, 0.2) is 48.7 Å². The highest BCUT2D eigenvalue weighted by Gasteiger charge is 2.44. The molecule has 2 aromatic heterocycles. The van der Waals surface area contributed by atoms with E-state index in [0.717, 1.165) is 10.8 Å². The zero-order valence-corrected chi connectivity index (χ0v) is 20.2. The predicted octanol–water partition coefficient (Wildman–Crippen LogP) is 6.02. The fourth-order valence-corrected chi connectivity index (χ4v) is 6.23. The smallest absolute Gasteiger partial charge is 0.170 e. The Balaban J connectivity index is 1.64. The molecule has 1 saturated carbocycles. The molecule has 1 N–H and O–H groups in total. The van der Waals surface area contributed by atoms with E-state index in [1.165, 1.54) is 59.4 Å². The van der Waals surface area contributed by atoms with Crippen molar-refractivity contribution in [2.24, 2.45) is 0 Å². The Bertz CT molecular complexity index is 1120. The van der Waals surface area contributed by atoms with Gasteiger partial charge in [-0.3, -0.25) is 4.98 Å². The van der Waals surface area contributed by atoms with Crippen LogP contribution in [0.1, 0.15) is 71.5 Å². The van der Waals surface area contributed by atoms with Crippen LogP contribution >= 0.6 is 12.2 Å². The molecule has 4 nitrogen and oxygen atoms in total. The standard InChI is InChI=1S/C27H32N4S/c1-17-13-18(2)15-22(14-17)30-19(3)16-23(20(30)4)26-25(24-11-7-8-12-28-24)29-27(32)31(26)21-9-5-6-10-21/h7-8,11-16,21,25-26H,5-6,9-10H2,1-4H3,(H,29,32)/t25-,26-/m1/s1. The monoisotopic (exact) mass is 444 g/mol. The molecule has 5 heteroatoms. The molecule has 166 valence electrons. The Kier molecular flexibility index (Phi) is 5.54. The third-order valence-corrected chi connectivity index (χ3v) is 7.44. The first-order valence-electron chi connectivity index (χ1n) is 11.7. The first-order valence-corrected chi connectivity index (χ1v) is 12.1. The number of hydrogen-bond donors (Lipinski definition) is 1. The molecular weight excluding hydrogens is 412 g/mol. The van der Waals surface area contributed by atoms with Crippen molar-refractivity contribution in [2.75, 3.05) is 0 Å². The SMILES string of the molecule is Cc1cc(C)cc(-n2c(C)cc([C@@H]3[C@@H](c4ccccn4)NC(=S)N3C3CCCC3)c2C)c1. The summed E-state index contributed by atoms with van der Waals surface area (Å²) in [5.41, 5.74) is 8.75. The molecule has 3 aromatic rings. The Morgan fingerprint density at radius 2 is 1.69 bits per heavy atom. The van der Waals surface area contributed by atoms with Crippen molar-refractivity contribution in [1.82, 2.24) is 19.8 Å². The summed E-state index contributed by atoms with van der Waals surface area (Å²) in [7, 11) is 0. The number of thiocarbonyl (C=S) groups is 1. The lowest BCUT2D eigenvalue weighted by Gasteiger charge is -2.33. The third kappa shape index (κ3) is 3.62. The maximum Gasteiger partial charge on any atom is 0.170 e. The summed E-state index contributed by atoms with van der Waals surface area (Å²) in [5, 5.41) is 4.51. The van der Waals surface area contributed by atoms with Crippen LogP contribution in [0.2, 0.25) is 0 Å². The number of rotatable bonds is 4. The highest BCUT2D eigenvalue weighted by molar-refractivity contribution is 7.80. The number of aryl methyl sites for hydroxylation is 3. The van der Waals surface area contributed by atoms with Gasteiger partial charge in [0.05, 0.1) is 17.8 Å². The molecular formula is C27H32N4S. The van der Waals surface area contributed by atoms with E-state index in [-0.39, 0.29) is 12.1 Å². The van der Waals surface area contributed by atoms with Crippen molar-refractivity contribution >= 4 is 17.3 Å². The maximum atomic E-state index is 5.92. The molecule has 0 unspecified atom stereocenters. The molecule has 5 rings (SSSR count). The number of benzene rings is 1. The van der Waals surface area contributed by atoms with Gasteiger partial charge >= 0.3 is 0 Å². The van der Waals surface area contributed by atoms with E-state index in [1.807, 2.05) is 12.3 Å². The number of aromatic nitrogens is 2. The van der Waals surface area contributed by atoms with Crippen LogP contribution < -0.4 is 5.32 Å². The molecule has 2 fully saturated rings. The van der Waals surface area contributed by atoms with Crippen molar-refractivity contribution in [1.29, 1.82) is 0 Å². The third-order valence-electron chi connectivity index (χ3n) is 7.11. The van der Waals surface area contributed by atoms with Crippen LogP contribution in [0.4, 0.5) is 0 Å². The Morgan fingerprint density at radius 1 is 0.969 bits per heavy atom. The lowest BCUT2D eigenvalue weighted by molar-refractivity contribution is 0.245. The second kappa shape index (κ2) is 8.36. The Labute approximate surface area is 196 Å². The van der Waals surface area contributed by atoms with Gasteiger partial charge in [0.1, 0.15) is 0 Å². The highest BCUT2D eigenvalue weighted by atomic mass is 32.1. The minimum absolute atomic E-state index is 0.0532. The Hall–Kier alpha value is -2.66. The van der Waals surface area contributed by atoms with Crippen molar-refractivity contribution in [3.63, 3.8) is 0 Å². The number of hydrogen-bond acceptors (Lipinski definition) is 2. The molecule has 1 saturated heterocycles. The molecule has 0 radical (unpaired) electrons. The van der Waals surface area contributed by atoms with Gasteiger partial charge in [0.2, 0.25) is 0 Å². The number of pyridine rings is 1. The van der Waals surface area contributed by atoms with Crippen LogP contribution in [-0.2, 0) is 0 Å². The van der Waals surface area contributed by atoms with Gasteiger partial charge in [-0.2, -0.15) is 0 Å². The summed E-state index contributed by atoms with van der Waals surface area (Å²) >= 11 is 5.92. The van der Waals surface area contributed by atoms with Gasteiger partial charge in [0.25, 0.3) is 0 Å². The first-order chi connectivity index (χ1) is 15.4. The van der Waals surface area contributed by atoms with Gasteiger partial charge in [-0.05, 0) is 99.8 Å². The van der Waals surface area contributed by atoms with Gasteiger partial charge in [-0.1, -0.05) is 25.0 Å². The fraction of sp³-hybridized carbons (Fsp3) is 0.407. The lowest BCUT2D eigenvalue weighted by Crippen LogP contribution is -2.37. The molecule has 1 aliphatic carbocycles. The zero-order valence-electron chi connectivity index (χ0n) is 19.4. The summed E-state index contributed by atoms with van der Waals surface area (Å²) in [6.45, 7) is 8.81. The van der Waals surface area contributed by atoms with E-state index < -0.39 is 0 Å². The molecule has 0 spiro atoms. The van der Waals surface area contributed by atoms with Gasteiger partial charge < -0.3 is 14.8 Å². The molecule has 3 heterocycles. The molecule has 1 aromatic carbocycles. The first kappa shape index (κ1) is 21.2. The van der Waals surface area contributed by atoms with Crippen LogP contribution in [0.5, 0.6) is 0 Å². The molecule has 2 aliphatic rings. The normalized spacial score (nSPS) is 21.4. The molecule has 0 amide bonds. The van der Waals surface area contributed by atoms with Crippen molar-refractivity contribution in [3.8, 4) is 5.69 Å². The average Bonchev–Trinajstić information content (AvgIpc) is 3.45. The number of nitrogens with zero attached hydrogens (tertiary/aromatic N) is 3. The van der Waals surface area contributed by atoms with E-state index in [4.69, 9.17) is 17.2 Å². The van der Waals surface area contributed by atoms with E-state index in [1.54, 1.807) is 0 Å². The van der Waals surface area contributed by atoms with Crippen LogP contribution in [0, 0.1) is 27.7 Å². The molecule has 0 bridgehead atoms. The van der Waals surface area contributed by atoms with Gasteiger partial charge in [-0.25, -0.2) is 0 Å². The van der Waals surface area contributed by atoms with E-state index >= 15 is 0 Å². The zero-order chi connectivity index (χ0) is 22.4. The second-order valence-corrected chi connectivity index (χ2v) is 9.87. The van der Waals surface area contributed by atoms with Gasteiger partial charge in [0.15, 0.2) is 5.11 Å². The minimum atomic E-state index is 0.0532. The van der Waals surface area contributed by atoms with Gasteiger partial charge in [0, 0.05) is 29.3 Å². The summed E-state index contributed by atoms with van der Waals surface area (Å²) in [6.07, 6.45) is 6.87. The summed E-state index contributed by atoms with van der Waals surface area (Å²) in [4.78, 5) is 7.21. The summed E-state index contributed by atoms with van der Waals surface area (Å²) in [6, 6.07) is 16.0. The van der Waals surface area contributed by atoms with Gasteiger partial charge in [-0.15, -0.1) is 0 Å². The largest absolute Gasteiger partial charge is 0.352 e. The number of nitrogens with one attached hydrogen (secondary N) is 1. The van der Waals surface area contributed by atoms with E-state index in [9.17, 15) is 0 Å². The fourth-order valence-electron chi connectivity index (χ4n) is 5.84. The van der Waals surface area contributed by atoms with Crippen LogP contribution in [0.3, 0.4) is 0 Å². The van der Waals surface area contributed by atoms with Crippen LogP contribution in [0.25, 0.3) is 5.69 Å². The minimum Gasteiger partial charge on any atom is -0.352 e. The predicted molar refractivity (Wildman–Crippen MR) is 134 cm³/mol. The summed E-state index contributed by atoms with van der Waals surface area (Å²) < 4.78 is 2.40. The van der Waals surface area contributed by atoms with Crippen molar-refractivity contribution in [2.45, 2.75) is 71.5 Å². The highest BCUT2D eigenvalue weighted by Crippen LogP contribution is 2.44. The van der Waals surface area contributed by atoms with Crippen LogP contribution in [-0.4, -0.2) is 25.6 Å². The Morgan fingerprint density at radius 3 is 2.34 bits per heavy atom. The molecule has 2 atom stereocenters. The molecule has 1 aliphatic heterocycles. The average molecular weight is 445 g/mol. The lowest BCUT2D eigenvalue weighted by atomic mass is 9.95. The van der Waals surface area contributed by atoms with Crippen molar-refractivity contribution in [3.05, 3.63) is 82.4 Å². The van der Waals surface area contributed by atoms with E-state index in [0.29, 0.717) is 6.04 Å².